The normalized spacial score (nSPS) is 9.90. The summed E-state index contributed by atoms with van der Waals surface area (Å²) in [6.07, 6.45) is 1.52. The highest BCUT2D eigenvalue weighted by atomic mass is 16.5. The number of nitrogens with zero attached hydrogens (tertiary/aromatic N) is 1. The van der Waals surface area contributed by atoms with Crippen LogP contribution in [0.25, 0.3) is 0 Å². The van der Waals surface area contributed by atoms with Crippen LogP contribution in [0.1, 0.15) is 17.4 Å². The molecule has 0 saturated heterocycles. The number of hydrogen-bond acceptors (Lipinski definition) is 5. The maximum absolute atomic E-state index is 11.6. The zero-order valence-electron chi connectivity index (χ0n) is 11.7. The van der Waals surface area contributed by atoms with E-state index in [9.17, 15) is 9.59 Å². The van der Waals surface area contributed by atoms with E-state index >= 15 is 0 Å². The van der Waals surface area contributed by atoms with Crippen molar-refractivity contribution in [3.05, 3.63) is 24.0 Å². The fourth-order valence-corrected chi connectivity index (χ4v) is 1.45. The van der Waals surface area contributed by atoms with E-state index in [1.54, 1.807) is 19.2 Å². The van der Waals surface area contributed by atoms with E-state index in [4.69, 9.17) is 4.74 Å². The second kappa shape index (κ2) is 8.87. The largest absolute Gasteiger partial charge is 0.383 e. The highest BCUT2D eigenvalue weighted by Gasteiger charge is 2.07. The molecule has 0 aliphatic carbocycles. The van der Waals surface area contributed by atoms with Crippen LogP contribution in [0.4, 0.5) is 5.69 Å². The standard InChI is InChI=1S/C13H20N4O3/c1-3-14-13(19)11-8-10(4-5-15-11)17-9-12(18)16-6-7-20-2/h4-5,8H,3,6-7,9H2,1-2H3,(H,14,19)(H,15,17)(H,16,18). The molecule has 0 fully saturated rings. The van der Waals surface area contributed by atoms with E-state index in [0.29, 0.717) is 31.1 Å². The number of amides is 2. The SMILES string of the molecule is CCNC(=O)c1cc(NCC(=O)NCCOC)ccn1. The molecule has 3 N–H and O–H groups in total. The molecule has 1 rings (SSSR count). The molecule has 1 aromatic heterocycles. The van der Waals surface area contributed by atoms with Gasteiger partial charge in [0.05, 0.1) is 13.2 Å². The number of aromatic nitrogens is 1. The highest BCUT2D eigenvalue weighted by Crippen LogP contribution is 2.07. The van der Waals surface area contributed by atoms with Gasteiger partial charge in [0.2, 0.25) is 5.91 Å². The average molecular weight is 280 g/mol. The molecule has 7 heteroatoms. The van der Waals surface area contributed by atoms with Crippen molar-refractivity contribution in [1.82, 2.24) is 15.6 Å². The van der Waals surface area contributed by atoms with Gasteiger partial charge in [0.15, 0.2) is 0 Å². The van der Waals surface area contributed by atoms with Gasteiger partial charge >= 0.3 is 0 Å². The fourth-order valence-electron chi connectivity index (χ4n) is 1.45. The van der Waals surface area contributed by atoms with Crippen molar-refractivity contribution < 1.29 is 14.3 Å². The number of pyridine rings is 1. The van der Waals surface area contributed by atoms with E-state index < -0.39 is 0 Å². The van der Waals surface area contributed by atoms with Gasteiger partial charge in [-0.05, 0) is 19.1 Å². The lowest BCUT2D eigenvalue weighted by Gasteiger charge is -2.08. The Labute approximate surface area is 118 Å². The third-order valence-electron chi connectivity index (χ3n) is 2.41. The molecular formula is C13H20N4O3. The first kappa shape index (κ1) is 15.9. The number of carbonyl (C=O) groups excluding carboxylic acids is 2. The van der Waals surface area contributed by atoms with E-state index in [1.165, 1.54) is 6.20 Å². The molecule has 20 heavy (non-hydrogen) atoms. The van der Waals surface area contributed by atoms with Crippen LogP contribution >= 0.6 is 0 Å². The van der Waals surface area contributed by atoms with Crippen LogP contribution in [0.3, 0.4) is 0 Å². The Morgan fingerprint density at radius 3 is 2.85 bits per heavy atom. The molecular weight excluding hydrogens is 260 g/mol. The summed E-state index contributed by atoms with van der Waals surface area (Å²) in [6.45, 7) is 3.45. The summed E-state index contributed by atoms with van der Waals surface area (Å²) in [5.74, 6) is -0.376. The summed E-state index contributed by atoms with van der Waals surface area (Å²) < 4.78 is 4.83. The van der Waals surface area contributed by atoms with Crippen molar-refractivity contribution in [3.63, 3.8) is 0 Å². The van der Waals surface area contributed by atoms with E-state index in [2.05, 4.69) is 20.9 Å². The molecule has 0 saturated carbocycles. The third-order valence-corrected chi connectivity index (χ3v) is 2.41. The number of hydrogen-bond donors (Lipinski definition) is 3. The molecule has 1 heterocycles. The molecule has 1 aromatic rings. The minimum atomic E-state index is -0.235. The highest BCUT2D eigenvalue weighted by molar-refractivity contribution is 5.93. The summed E-state index contributed by atoms with van der Waals surface area (Å²) in [4.78, 5) is 27.1. The van der Waals surface area contributed by atoms with Crippen LogP contribution in [0.2, 0.25) is 0 Å². The second-order valence-electron chi connectivity index (χ2n) is 3.99. The monoisotopic (exact) mass is 280 g/mol. The Morgan fingerprint density at radius 1 is 1.35 bits per heavy atom. The van der Waals surface area contributed by atoms with Crippen LogP contribution in [0, 0.1) is 0 Å². The summed E-state index contributed by atoms with van der Waals surface area (Å²) >= 11 is 0. The number of nitrogens with one attached hydrogen (secondary N) is 3. The maximum Gasteiger partial charge on any atom is 0.269 e. The van der Waals surface area contributed by atoms with Gasteiger partial charge in [0.1, 0.15) is 5.69 Å². The summed E-state index contributed by atoms with van der Waals surface area (Å²) in [6, 6.07) is 3.30. The number of carbonyl (C=O) groups is 2. The van der Waals surface area contributed by atoms with Gasteiger partial charge in [-0.1, -0.05) is 0 Å². The van der Waals surface area contributed by atoms with Crippen molar-refractivity contribution in [2.75, 3.05) is 38.7 Å². The number of rotatable bonds is 8. The summed E-state index contributed by atoms with van der Waals surface area (Å²) in [5, 5.41) is 8.29. The fraction of sp³-hybridized carbons (Fsp3) is 0.462. The maximum atomic E-state index is 11.6. The smallest absolute Gasteiger partial charge is 0.269 e. The van der Waals surface area contributed by atoms with Crippen molar-refractivity contribution >= 4 is 17.5 Å². The van der Waals surface area contributed by atoms with Gasteiger partial charge in [-0.2, -0.15) is 0 Å². The molecule has 0 radical (unpaired) electrons. The van der Waals surface area contributed by atoms with Crippen LogP contribution in [0.5, 0.6) is 0 Å². The molecule has 2 amide bonds. The molecule has 0 aliphatic heterocycles. The van der Waals surface area contributed by atoms with Crippen molar-refractivity contribution in [1.29, 1.82) is 0 Å². The number of anilines is 1. The van der Waals surface area contributed by atoms with Crippen LogP contribution in [0.15, 0.2) is 18.3 Å². The lowest BCUT2D eigenvalue weighted by Crippen LogP contribution is -2.32. The van der Waals surface area contributed by atoms with Crippen LogP contribution in [-0.2, 0) is 9.53 Å². The number of methoxy groups -OCH3 is 1. The van der Waals surface area contributed by atoms with E-state index in [1.807, 2.05) is 6.92 Å². The zero-order valence-corrected chi connectivity index (χ0v) is 11.7. The molecule has 0 aliphatic rings. The first-order valence-corrected chi connectivity index (χ1v) is 6.41. The minimum absolute atomic E-state index is 0.128. The number of ether oxygens (including phenoxy) is 1. The average Bonchev–Trinajstić information content (AvgIpc) is 2.46. The molecule has 0 atom stereocenters. The predicted molar refractivity (Wildman–Crippen MR) is 75.6 cm³/mol. The molecule has 110 valence electrons. The minimum Gasteiger partial charge on any atom is -0.383 e. The van der Waals surface area contributed by atoms with Crippen LogP contribution in [-0.4, -0.2) is 50.1 Å². The molecule has 0 spiro atoms. The lowest BCUT2D eigenvalue weighted by molar-refractivity contribution is -0.119. The van der Waals surface area contributed by atoms with Gasteiger partial charge in [0.25, 0.3) is 5.91 Å². The first-order chi connectivity index (χ1) is 9.67. The molecule has 0 unspecified atom stereocenters. The molecule has 7 nitrogen and oxygen atoms in total. The Kier molecular flexibility index (Phi) is 7.05. The zero-order chi connectivity index (χ0) is 14.8. The van der Waals surface area contributed by atoms with Crippen molar-refractivity contribution in [3.8, 4) is 0 Å². The third kappa shape index (κ3) is 5.66. The van der Waals surface area contributed by atoms with Crippen molar-refractivity contribution in [2.45, 2.75) is 6.92 Å². The predicted octanol–water partition coefficient (Wildman–Crippen LogP) is 0.00580. The van der Waals surface area contributed by atoms with Gasteiger partial charge in [-0.3, -0.25) is 14.6 Å². The van der Waals surface area contributed by atoms with Gasteiger partial charge < -0.3 is 20.7 Å². The van der Waals surface area contributed by atoms with Gasteiger partial charge in [-0.25, -0.2) is 0 Å². The second-order valence-corrected chi connectivity index (χ2v) is 3.99. The van der Waals surface area contributed by atoms with Gasteiger partial charge in [-0.15, -0.1) is 0 Å². The Morgan fingerprint density at radius 2 is 2.15 bits per heavy atom. The topological polar surface area (TPSA) is 92.4 Å². The Hall–Kier alpha value is -2.15. The first-order valence-electron chi connectivity index (χ1n) is 6.41. The molecule has 0 aromatic carbocycles. The summed E-state index contributed by atoms with van der Waals surface area (Å²) in [7, 11) is 1.57. The quantitative estimate of drug-likeness (QED) is 0.583. The Bertz CT molecular complexity index is 451. The Balaban J connectivity index is 2.46. The van der Waals surface area contributed by atoms with E-state index in [0.717, 1.165) is 0 Å². The van der Waals surface area contributed by atoms with Crippen LogP contribution < -0.4 is 16.0 Å². The van der Waals surface area contributed by atoms with E-state index in [-0.39, 0.29) is 18.4 Å². The van der Waals surface area contributed by atoms with Crippen molar-refractivity contribution in [2.24, 2.45) is 0 Å². The summed E-state index contributed by atoms with van der Waals surface area (Å²) in [5.41, 5.74) is 0.986. The molecule has 0 bridgehead atoms. The lowest BCUT2D eigenvalue weighted by atomic mass is 10.3. The van der Waals surface area contributed by atoms with Gasteiger partial charge in [0, 0.05) is 32.1 Å².